The molecule has 17 heavy (non-hydrogen) atoms. The van der Waals surface area contributed by atoms with Gasteiger partial charge in [-0.2, -0.15) is 5.10 Å². The van der Waals surface area contributed by atoms with Crippen LogP contribution in [0.1, 0.15) is 30.5 Å². The standard InChI is InChI=1S/C13H14N2O2/c1-8-10-6-9(2-3-11(10)15-14-8)13(4-5-13)7-12(16)17/h2-3,6H,4-5,7H2,1H3,(H,14,15)(H,16,17). The minimum atomic E-state index is -0.716. The lowest BCUT2D eigenvalue weighted by atomic mass is 9.91. The molecular weight excluding hydrogens is 216 g/mol. The van der Waals surface area contributed by atoms with E-state index in [1.165, 1.54) is 0 Å². The number of nitrogens with one attached hydrogen (secondary N) is 1. The molecule has 1 aromatic carbocycles. The number of aromatic amines is 1. The fourth-order valence-corrected chi connectivity index (χ4v) is 2.48. The molecule has 4 heteroatoms. The van der Waals surface area contributed by atoms with Crippen molar-refractivity contribution in [1.29, 1.82) is 0 Å². The largest absolute Gasteiger partial charge is 0.481 e. The zero-order chi connectivity index (χ0) is 12.0. The van der Waals surface area contributed by atoms with Crippen LogP contribution in [0.4, 0.5) is 0 Å². The predicted molar refractivity (Wildman–Crippen MR) is 64.0 cm³/mol. The normalized spacial score (nSPS) is 17.2. The van der Waals surface area contributed by atoms with E-state index >= 15 is 0 Å². The van der Waals surface area contributed by atoms with E-state index in [4.69, 9.17) is 5.11 Å². The van der Waals surface area contributed by atoms with Gasteiger partial charge in [0.15, 0.2) is 0 Å². The molecule has 1 heterocycles. The predicted octanol–water partition coefficient (Wildman–Crippen LogP) is 2.38. The highest BCUT2D eigenvalue weighted by Gasteiger charge is 2.46. The summed E-state index contributed by atoms with van der Waals surface area (Å²) < 4.78 is 0. The summed E-state index contributed by atoms with van der Waals surface area (Å²) in [6.07, 6.45) is 2.18. The van der Waals surface area contributed by atoms with E-state index in [1.54, 1.807) is 0 Å². The Labute approximate surface area is 98.6 Å². The number of carbonyl (C=O) groups is 1. The molecule has 0 saturated heterocycles. The maximum Gasteiger partial charge on any atom is 0.304 e. The Morgan fingerprint density at radius 3 is 2.94 bits per heavy atom. The number of carboxylic acids is 1. The van der Waals surface area contributed by atoms with Crippen LogP contribution in [-0.2, 0) is 10.2 Å². The summed E-state index contributed by atoms with van der Waals surface area (Å²) in [5, 5.41) is 17.2. The maximum absolute atomic E-state index is 10.9. The Kier molecular flexibility index (Phi) is 2.02. The van der Waals surface area contributed by atoms with Gasteiger partial charge in [-0.05, 0) is 37.5 Å². The second-order valence-electron chi connectivity index (χ2n) is 4.93. The van der Waals surface area contributed by atoms with Crippen molar-refractivity contribution in [1.82, 2.24) is 10.2 Å². The summed E-state index contributed by atoms with van der Waals surface area (Å²) in [6.45, 7) is 1.98. The summed E-state index contributed by atoms with van der Waals surface area (Å²) in [6, 6.07) is 6.07. The minimum absolute atomic E-state index is 0.121. The molecule has 0 spiro atoms. The Morgan fingerprint density at radius 2 is 2.29 bits per heavy atom. The molecule has 1 aliphatic rings. The highest BCUT2D eigenvalue weighted by atomic mass is 16.4. The molecule has 4 nitrogen and oxygen atoms in total. The minimum Gasteiger partial charge on any atom is -0.481 e. The number of rotatable bonds is 3. The molecule has 1 fully saturated rings. The zero-order valence-electron chi connectivity index (χ0n) is 9.66. The molecule has 88 valence electrons. The van der Waals surface area contributed by atoms with Gasteiger partial charge >= 0.3 is 5.97 Å². The molecule has 2 aromatic rings. The second kappa shape index (κ2) is 3.32. The van der Waals surface area contributed by atoms with Crippen LogP contribution < -0.4 is 0 Å². The van der Waals surface area contributed by atoms with Crippen molar-refractivity contribution in [3.8, 4) is 0 Å². The molecule has 0 aliphatic heterocycles. The van der Waals surface area contributed by atoms with Crippen molar-refractivity contribution in [2.24, 2.45) is 0 Å². The Bertz CT molecular complexity index is 596. The first kappa shape index (κ1) is 10.3. The summed E-state index contributed by atoms with van der Waals surface area (Å²) in [5.41, 5.74) is 2.99. The lowest BCUT2D eigenvalue weighted by molar-refractivity contribution is -0.137. The molecule has 0 bridgehead atoms. The first-order valence-electron chi connectivity index (χ1n) is 5.78. The van der Waals surface area contributed by atoms with E-state index in [9.17, 15) is 4.79 Å². The van der Waals surface area contributed by atoms with Crippen LogP contribution in [0.15, 0.2) is 18.2 Å². The third kappa shape index (κ3) is 1.60. The van der Waals surface area contributed by atoms with E-state index in [0.717, 1.165) is 35.0 Å². The topological polar surface area (TPSA) is 66.0 Å². The van der Waals surface area contributed by atoms with Gasteiger partial charge in [-0.15, -0.1) is 0 Å². The van der Waals surface area contributed by atoms with E-state index in [1.807, 2.05) is 19.1 Å². The van der Waals surface area contributed by atoms with Gasteiger partial charge < -0.3 is 5.11 Å². The van der Waals surface area contributed by atoms with Crippen molar-refractivity contribution in [2.75, 3.05) is 0 Å². The fraction of sp³-hybridized carbons (Fsp3) is 0.385. The second-order valence-corrected chi connectivity index (χ2v) is 4.93. The number of hydrogen-bond donors (Lipinski definition) is 2. The quantitative estimate of drug-likeness (QED) is 0.850. The molecule has 1 aliphatic carbocycles. The van der Waals surface area contributed by atoms with Gasteiger partial charge in [-0.3, -0.25) is 9.89 Å². The van der Waals surface area contributed by atoms with Gasteiger partial charge in [0, 0.05) is 16.5 Å². The van der Waals surface area contributed by atoms with Gasteiger partial charge in [0.25, 0.3) is 0 Å². The van der Waals surface area contributed by atoms with Gasteiger partial charge in [-0.25, -0.2) is 0 Å². The molecule has 0 radical (unpaired) electrons. The summed E-state index contributed by atoms with van der Waals surface area (Å²) in [4.78, 5) is 10.9. The first-order valence-corrected chi connectivity index (χ1v) is 5.78. The molecule has 0 amide bonds. The number of benzene rings is 1. The maximum atomic E-state index is 10.9. The molecule has 3 rings (SSSR count). The van der Waals surface area contributed by atoms with Crippen LogP contribution in [0.2, 0.25) is 0 Å². The first-order chi connectivity index (χ1) is 8.11. The third-order valence-electron chi connectivity index (χ3n) is 3.70. The van der Waals surface area contributed by atoms with Crippen LogP contribution in [0.5, 0.6) is 0 Å². The lowest BCUT2D eigenvalue weighted by Crippen LogP contribution is -2.12. The van der Waals surface area contributed by atoms with E-state index in [0.29, 0.717) is 0 Å². The van der Waals surface area contributed by atoms with Crippen LogP contribution in [0, 0.1) is 6.92 Å². The van der Waals surface area contributed by atoms with Crippen LogP contribution in [0.25, 0.3) is 10.9 Å². The summed E-state index contributed by atoms with van der Waals surface area (Å²) in [7, 11) is 0. The van der Waals surface area contributed by atoms with Crippen molar-refractivity contribution < 1.29 is 9.90 Å². The SMILES string of the molecule is Cc1[nH]nc2ccc(C3(CC(=O)O)CC3)cc12. The van der Waals surface area contributed by atoms with Crippen LogP contribution in [0.3, 0.4) is 0 Å². The molecule has 1 saturated carbocycles. The highest BCUT2D eigenvalue weighted by molar-refractivity contribution is 5.82. The van der Waals surface area contributed by atoms with Crippen LogP contribution in [-0.4, -0.2) is 21.3 Å². The number of nitrogens with zero attached hydrogens (tertiary/aromatic N) is 1. The van der Waals surface area contributed by atoms with Crippen molar-refractivity contribution in [3.63, 3.8) is 0 Å². The fourth-order valence-electron chi connectivity index (χ4n) is 2.48. The van der Waals surface area contributed by atoms with Crippen LogP contribution >= 0.6 is 0 Å². The number of aromatic nitrogens is 2. The Morgan fingerprint density at radius 1 is 1.53 bits per heavy atom. The number of hydrogen-bond acceptors (Lipinski definition) is 2. The summed E-state index contributed by atoms with van der Waals surface area (Å²) >= 11 is 0. The Balaban J connectivity index is 2.06. The van der Waals surface area contributed by atoms with E-state index in [2.05, 4.69) is 16.3 Å². The van der Waals surface area contributed by atoms with Crippen molar-refractivity contribution in [3.05, 3.63) is 29.5 Å². The summed E-state index contributed by atoms with van der Waals surface area (Å²) in [5.74, 6) is -0.716. The molecule has 2 N–H and O–H groups in total. The van der Waals surface area contributed by atoms with Gasteiger partial charge in [0.1, 0.15) is 0 Å². The molecule has 0 unspecified atom stereocenters. The number of aryl methyl sites for hydroxylation is 1. The molecule has 0 atom stereocenters. The van der Waals surface area contributed by atoms with Gasteiger partial charge in [0.05, 0.1) is 11.9 Å². The number of H-pyrrole nitrogens is 1. The van der Waals surface area contributed by atoms with Crippen molar-refractivity contribution >= 4 is 16.9 Å². The average Bonchev–Trinajstić information content (AvgIpc) is 2.97. The monoisotopic (exact) mass is 230 g/mol. The van der Waals surface area contributed by atoms with Gasteiger partial charge in [0.2, 0.25) is 0 Å². The zero-order valence-corrected chi connectivity index (χ0v) is 9.66. The smallest absolute Gasteiger partial charge is 0.304 e. The highest BCUT2D eigenvalue weighted by Crippen LogP contribution is 2.51. The third-order valence-corrected chi connectivity index (χ3v) is 3.70. The lowest BCUT2D eigenvalue weighted by Gasteiger charge is -2.12. The number of aliphatic carboxylic acids is 1. The number of carboxylic acid groups (broad SMARTS) is 1. The molecule has 1 aromatic heterocycles. The van der Waals surface area contributed by atoms with Crippen molar-refractivity contribution in [2.45, 2.75) is 31.6 Å². The van der Waals surface area contributed by atoms with Gasteiger partial charge in [-0.1, -0.05) is 6.07 Å². The number of fused-ring (bicyclic) bond motifs is 1. The Hall–Kier alpha value is -1.84. The van der Waals surface area contributed by atoms with E-state index < -0.39 is 5.97 Å². The average molecular weight is 230 g/mol. The van der Waals surface area contributed by atoms with E-state index in [-0.39, 0.29) is 11.8 Å². The molecular formula is C13H14N2O2.